The van der Waals surface area contributed by atoms with Crippen molar-refractivity contribution in [3.63, 3.8) is 0 Å². The third-order valence-electron chi connectivity index (χ3n) is 5.08. The number of ether oxygens (including phenoxy) is 1. The predicted octanol–water partition coefficient (Wildman–Crippen LogP) is 2.58. The van der Waals surface area contributed by atoms with Crippen LogP contribution in [0.15, 0.2) is 4.99 Å². The van der Waals surface area contributed by atoms with E-state index in [1.54, 1.807) is 0 Å². The van der Waals surface area contributed by atoms with Gasteiger partial charge in [0.05, 0.1) is 6.61 Å². The van der Waals surface area contributed by atoms with Crippen LogP contribution in [0.4, 0.5) is 0 Å². The Labute approximate surface area is 146 Å². The average molecular weight is 407 g/mol. The maximum atomic E-state index is 5.46. The maximum Gasteiger partial charge on any atom is 0.193 e. The lowest BCUT2D eigenvalue weighted by molar-refractivity contribution is 0.181. The van der Waals surface area contributed by atoms with Crippen LogP contribution in [0.3, 0.4) is 0 Å². The van der Waals surface area contributed by atoms with Gasteiger partial charge in [-0.15, -0.1) is 24.0 Å². The van der Waals surface area contributed by atoms with Crippen LogP contribution >= 0.6 is 24.0 Å². The molecule has 3 fully saturated rings. The number of halogens is 1. The number of hydrogen-bond acceptors (Lipinski definition) is 2. The van der Waals surface area contributed by atoms with Gasteiger partial charge < -0.3 is 15.0 Å². The summed E-state index contributed by atoms with van der Waals surface area (Å²) in [5, 5.41) is 3.62. The molecule has 0 aromatic heterocycles. The highest BCUT2D eigenvalue weighted by molar-refractivity contribution is 14.0. The second kappa shape index (κ2) is 7.99. The quantitative estimate of drug-likeness (QED) is 0.418. The van der Waals surface area contributed by atoms with Gasteiger partial charge in [-0.2, -0.15) is 0 Å². The van der Waals surface area contributed by atoms with Crippen LogP contribution in [0.1, 0.15) is 32.1 Å². The fraction of sp³-hybridized carbons (Fsp3) is 0.938. The number of guanidine groups is 1. The van der Waals surface area contributed by atoms with E-state index in [-0.39, 0.29) is 24.0 Å². The van der Waals surface area contributed by atoms with Gasteiger partial charge in [0.1, 0.15) is 0 Å². The van der Waals surface area contributed by atoms with Crippen molar-refractivity contribution in [2.24, 2.45) is 28.7 Å². The highest BCUT2D eigenvalue weighted by atomic mass is 127. The summed E-state index contributed by atoms with van der Waals surface area (Å²) >= 11 is 0. The monoisotopic (exact) mass is 407 g/mol. The molecule has 2 saturated carbocycles. The molecule has 4 nitrogen and oxygen atoms in total. The van der Waals surface area contributed by atoms with E-state index in [1.807, 2.05) is 7.05 Å². The zero-order chi connectivity index (χ0) is 13.9. The summed E-state index contributed by atoms with van der Waals surface area (Å²) in [5.74, 6) is 4.63. The molecule has 0 aromatic carbocycles. The Morgan fingerprint density at radius 3 is 2.38 bits per heavy atom. The molecule has 1 saturated heterocycles. The fourth-order valence-corrected chi connectivity index (χ4v) is 3.56. The minimum atomic E-state index is 0. The van der Waals surface area contributed by atoms with Crippen LogP contribution in [-0.2, 0) is 4.74 Å². The number of hydrogen-bond donors (Lipinski definition) is 1. The first-order valence-corrected chi connectivity index (χ1v) is 8.27. The Morgan fingerprint density at radius 1 is 1.24 bits per heavy atom. The van der Waals surface area contributed by atoms with Gasteiger partial charge >= 0.3 is 0 Å². The topological polar surface area (TPSA) is 36.9 Å². The normalized spacial score (nSPS) is 25.9. The van der Waals surface area contributed by atoms with Gasteiger partial charge in [-0.3, -0.25) is 4.99 Å². The fourth-order valence-electron chi connectivity index (χ4n) is 3.56. The highest BCUT2D eigenvalue weighted by Crippen LogP contribution is 2.48. The van der Waals surface area contributed by atoms with Gasteiger partial charge in [-0.05, 0) is 49.9 Å². The minimum absolute atomic E-state index is 0. The summed E-state index contributed by atoms with van der Waals surface area (Å²) in [6, 6.07) is 0. The van der Waals surface area contributed by atoms with Crippen molar-refractivity contribution >= 4 is 29.9 Å². The van der Waals surface area contributed by atoms with Gasteiger partial charge in [-0.25, -0.2) is 0 Å². The van der Waals surface area contributed by atoms with Crippen molar-refractivity contribution in [2.75, 3.05) is 40.4 Å². The lowest BCUT2D eigenvalue weighted by Crippen LogP contribution is -2.43. The Balaban J connectivity index is 0.00000161. The van der Waals surface area contributed by atoms with Crippen molar-refractivity contribution in [3.8, 4) is 0 Å². The van der Waals surface area contributed by atoms with E-state index in [0.717, 1.165) is 50.0 Å². The molecule has 21 heavy (non-hydrogen) atoms. The van der Waals surface area contributed by atoms with Crippen LogP contribution in [0.25, 0.3) is 0 Å². The molecule has 5 heteroatoms. The molecule has 2 aliphatic carbocycles. The van der Waals surface area contributed by atoms with E-state index < -0.39 is 0 Å². The lowest BCUT2D eigenvalue weighted by atomic mass is 9.98. The molecule has 0 aromatic rings. The zero-order valence-electron chi connectivity index (χ0n) is 13.4. The Hall–Kier alpha value is -0.0400. The van der Waals surface area contributed by atoms with E-state index in [4.69, 9.17) is 4.74 Å². The molecular formula is C16H30IN3O. The molecule has 1 N–H and O–H groups in total. The number of nitrogens with zero attached hydrogens (tertiary/aromatic N) is 2. The Kier molecular flexibility index (Phi) is 6.59. The van der Waals surface area contributed by atoms with Crippen molar-refractivity contribution in [3.05, 3.63) is 0 Å². The van der Waals surface area contributed by atoms with Crippen molar-refractivity contribution in [1.82, 2.24) is 10.2 Å². The van der Waals surface area contributed by atoms with E-state index in [0.29, 0.717) is 5.92 Å². The SMILES string of the molecule is CN=C(NCC(C1CC1)C1CC1)N(C)CC1CCOC1.I. The van der Waals surface area contributed by atoms with E-state index in [2.05, 4.69) is 22.3 Å². The number of nitrogens with one attached hydrogen (secondary N) is 1. The van der Waals surface area contributed by atoms with Gasteiger partial charge in [0.15, 0.2) is 5.96 Å². The zero-order valence-corrected chi connectivity index (χ0v) is 15.7. The van der Waals surface area contributed by atoms with Crippen molar-refractivity contribution < 1.29 is 4.74 Å². The van der Waals surface area contributed by atoms with E-state index in [9.17, 15) is 0 Å². The van der Waals surface area contributed by atoms with Gasteiger partial charge in [0.2, 0.25) is 0 Å². The number of rotatable bonds is 6. The standard InChI is InChI=1S/C16H29N3O.HI/c1-17-16(19(2)10-12-7-8-20-11-12)18-9-15(13-3-4-13)14-5-6-14;/h12-15H,3-11H2,1-2H3,(H,17,18);1H. The predicted molar refractivity (Wildman–Crippen MR) is 97.3 cm³/mol. The molecule has 3 aliphatic rings. The van der Waals surface area contributed by atoms with Crippen LogP contribution in [-0.4, -0.2) is 51.3 Å². The molecule has 1 atom stereocenters. The van der Waals surface area contributed by atoms with Crippen LogP contribution in [0.2, 0.25) is 0 Å². The Morgan fingerprint density at radius 2 is 1.90 bits per heavy atom. The molecule has 1 heterocycles. The first-order chi connectivity index (χ1) is 9.78. The highest BCUT2D eigenvalue weighted by Gasteiger charge is 2.41. The van der Waals surface area contributed by atoms with Crippen LogP contribution in [0, 0.1) is 23.7 Å². The smallest absolute Gasteiger partial charge is 0.193 e. The molecule has 0 spiro atoms. The van der Waals surface area contributed by atoms with Crippen LogP contribution < -0.4 is 5.32 Å². The maximum absolute atomic E-state index is 5.46. The van der Waals surface area contributed by atoms with Gasteiger partial charge in [0, 0.05) is 39.7 Å². The molecule has 0 bridgehead atoms. The summed E-state index contributed by atoms with van der Waals surface area (Å²) < 4.78 is 5.46. The summed E-state index contributed by atoms with van der Waals surface area (Å²) in [6.07, 6.45) is 7.01. The summed E-state index contributed by atoms with van der Waals surface area (Å²) in [4.78, 5) is 6.73. The summed E-state index contributed by atoms with van der Waals surface area (Å²) in [6.45, 7) is 4.01. The number of aliphatic imine (C=N–C) groups is 1. The average Bonchev–Trinajstić information content (AvgIpc) is 3.37. The largest absolute Gasteiger partial charge is 0.381 e. The van der Waals surface area contributed by atoms with Crippen molar-refractivity contribution in [1.29, 1.82) is 0 Å². The third-order valence-corrected chi connectivity index (χ3v) is 5.08. The van der Waals surface area contributed by atoms with Crippen LogP contribution in [0.5, 0.6) is 0 Å². The molecule has 122 valence electrons. The molecule has 0 amide bonds. The molecule has 1 unspecified atom stereocenters. The first-order valence-electron chi connectivity index (χ1n) is 8.27. The van der Waals surface area contributed by atoms with Gasteiger partial charge in [0.25, 0.3) is 0 Å². The lowest BCUT2D eigenvalue weighted by Gasteiger charge is -2.26. The summed E-state index contributed by atoms with van der Waals surface area (Å²) in [5.41, 5.74) is 0. The minimum Gasteiger partial charge on any atom is -0.381 e. The van der Waals surface area contributed by atoms with E-state index >= 15 is 0 Å². The molecule has 0 radical (unpaired) electrons. The molecule has 3 rings (SSSR count). The van der Waals surface area contributed by atoms with Crippen molar-refractivity contribution in [2.45, 2.75) is 32.1 Å². The third kappa shape index (κ3) is 4.98. The summed E-state index contributed by atoms with van der Waals surface area (Å²) in [7, 11) is 4.05. The molecular weight excluding hydrogens is 377 g/mol. The second-order valence-corrected chi connectivity index (χ2v) is 6.88. The second-order valence-electron chi connectivity index (χ2n) is 6.88. The molecule has 1 aliphatic heterocycles. The first kappa shape index (κ1) is 17.3. The van der Waals surface area contributed by atoms with E-state index in [1.165, 1.54) is 32.1 Å². The Bertz CT molecular complexity index is 337. The van der Waals surface area contributed by atoms with Gasteiger partial charge in [-0.1, -0.05) is 0 Å².